The lowest BCUT2D eigenvalue weighted by Crippen LogP contribution is -2.09. The maximum atomic E-state index is 10.9. The summed E-state index contributed by atoms with van der Waals surface area (Å²) in [6.07, 6.45) is 2.71. The van der Waals surface area contributed by atoms with Gasteiger partial charge >= 0.3 is 0 Å². The number of carbonyl (C=O) groups excluding carboxylic acids is 1. The lowest BCUT2D eigenvalue weighted by molar-refractivity contribution is -0.111. The molecule has 0 fully saturated rings. The molecule has 88 valence electrons. The average Bonchev–Trinajstić information content (AvgIpc) is 2.27. The van der Waals surface area contributed by atoms with E-state index in [0.717, 1.165) is 32.0 Å². The number of aldehydes is 1. The first-order valence-electron chi connectivity index (χ1n) is 4.88. The third-order valence-corrected chi connectivity index (χ3v) is 5.57. The highest BCUT2D eigenvalue weighted by molar-refractivity contribution is 14.1. The standard InChI is InChI=1S/C11H12I3NO/c1-2-6(5-16)3-7-8(12)4-9(13)11(15)10(7)14/h4-6H,2-3,15H2,1H3. The van der Waals surface area contributed by atoms with Crippen molar-refractivity contribution in [1.29, 1.82) is 0 Å². The van der Waals surface area contributed by atoms with Crippen molar-refractivity contribution in [1.82, 2.24) is 0 Å². The van der Waals surface area contributed by atoms with Crippen molar-refractivity contribution in [2.75, 3.05) is 5.73 Å². The van der Waals surface area contributed by atoms with Gasteiger partial charge in [-0.3, -0.25) is 0 Å². The quantitative estimate of drug-likeness (QED) is 0.349. The molecular weight excluding hydrogens is 543 g/mol. The van der Waals surface area contributed by atoms with E-state index in [4.69, 9.17) is 5.73 Å². The molecule has 1 rings (SSSR count). The number of halogens is 3. The maximum absolute atomic E-state index is 10.9. The lowest BCUT2D eigenvalue weighted by Gasteiger charge is -2.14. The number of hydrogen-bond donors (Lipinski definition) is 1. The number of nitrogen functional groups attached to an aromatic ring is 1. The number of rotatable bonds is 4. The minimum atomic E-state index is 0.0986. The molecule has 0 spiro atoms. The molecular formula is C11H12I3NO. The highest BCUT2D eigenvalue weighted by Gasteiger charge is 2.15. The van der Waals surface area contributed by atoms with Crippen LogP contribution in [0.4, 0.5) is 5.69 Å². The van der Waals surface area contributed by atoms with E-state index in [1.165, 1.54) is 9.13 Å². The summed E-state index contributed by atoms with van der Waals surface area (Å²) < 4.78 is 3.37. The van der Waals surface area contributed by atoms with E-state index in [1.54, 1.807) is 0 Å². The van der Waals surface area contributed by atoms with Gasteiger partial charge < -0.3 is 10.5 Å². The molecule has 2 nitrogen and oxygen atoms in total. The van der Waals surface area contributed by atoms with E-state index in [-0.39, 0.29) is 5.92 Å². The minimum absolute atomic E-state index is 0.0986. The molecule has 0 bridgehead atoms. The SMILES string of the molecule is CCC(C=O)Cc1c(I)cc(I)c(N)c1I. The van der Waals surface area contributed by atoms with Crippen LogP contribution in [-0.4, -0.2) is 6.29 Å². The first-order chi connectivity index (χ1) is 7.51. The Morgan fingerprint density at radius 2 is 2.00 bits per heavy atom. The van der Waals surface area contributed by atoms with Crippen molar-refractivity contribution in [3.05, 3.63) is 22.3 Å². The molecule has 0 aliphatic rings. The number of benzene rings is 1. The predicted molar refractivity (Wildman–Crippen MR) is 92.6 cm³/mol. The van der Waals surface area contributed by atoms with Gasteiger partial charge in [-0.1, -0.05) is 6.92 Å². The fourth-order valence-corrected chi connectivity index (χ4v) is 5.20. The van der Waals surface area contributed by atoms with Crippen molar-refractivity contribution in [3.8, 4) is 0 Å². The molecule has 0 aromatic heterocycles. The molecule has 1 unspecified atom stereocenters. The molecule has 0 heterocycles. The Bertz CT molecular complexity index is 407. The summed E-state index contributed by atoms with van der Waals surface area (Å²) in [6.45, 7) is 2.04. The zero-order chi connectivity index (χ0) is 12.3. The van der Waals surface area contributed by atoms with Gasteiger partial charge in [0.25, 0.3) is 0 Å². The Balaban J connectivity index is 3.13. The van der Waals surface area contributed by atoms with Gasteiger partial charge in [-0.25, -0.2) is 0 Å². The molecule has 0 amide bonds. The number of hydrogen-bond acceptors (Lipinski definition) is 2. The lowest BCUT2D eigenvalue weighted by atomic mass is 9.98. The van der Waals surface area contributed by atoms with Crippen LogP contribution in [0.25, 0.3) is 0 Å². The van der Waals surface area contributed by atoms with Crippen LogP contribution in [-0.2, 0) is 11.2 Å². The topological polar surface area (TPSA) is 43.1 Å². The highest BCUT2D eigenvalue weighted by Crippen LogP contribution is 2.31. The molecule has 5 heteroatoms. The van der Waals surface area contributed by atoms with Gasteiger partial charge in [-0.05, 0) is 92.2 Å². The van der Waals surface area contributed by atoms with Crippen molar-refractivity contribution in [3.63, 3.8) is 0 Å². The van der Waals surface area contributed by atoms with E-state index in [2.05, 4.69) is 73.8 Å². The molecule has 0 saturated heterocycles. The number of nitrogens with two attached hydrogens (primary N) is 1. The van der Waals surface area contributed by atoms with Gasteiger partial charge in [0.2, 0.25) is 0 Å². The maximum Gasteiger partial charge on any atom is 0.123 e. The Hall–Kier alpha value is 0.880. The van der Waals surface area contributed by atoms with Crippen LogP contribution in [0.15, 0.2) is 6.07 Å². The monoisotopic (exact) mass is 555 g/mol. The second-order valence-electron chi connectivity index (χ2n) is 3.55. The highest BCUT2D eigenvalue weighted by atomic mass is 127. The van der Waals surface area contributed by atoms with Crippen LogP contribution < -0.4 is 5.73 Å². The Kier molecular flexibility index (Phi) is 6.27. The number of carbonyl (C=O) groups is 1. The Morgan fingerprint density at radius 1 is 1.38 bits per heavy atom. The molecule has 1 atom stereocenters. The largest absolute Gasteiger partial charge is 0.397 e. The summed E-state index contributed by atoms with van der Waals surface area (Å²) in [5, 5.41) is 0. The van der Waals surface area contributed by atoms with Crippen LogP contribution >= 0.6 is 67.8 Å². The van der Waals surface area contributed by atoms with E-state index >= 15 is 0 Å². The van der Waals surface area contributed by atoms with E-state index in [0.29, 0.717) is 0 Å². The fourth-order valence-electron chi connectivity index (χ4n) is 1.39. The summed E-state index contributed by atoms with van der Waals surface area (Å²) in [6, 6.07) is 2.07. The van der Waals surface area contributed by atoms with E-state index < -0.39 is 0 Å². The molecule has 0 radical (unpaired) electrons. The molecule has 16 heavy (non-hydrogen) atoms. The summed E-state index contributed by atoms with van der Waals surface area (Å²) >= 11 is 6.83. The van der Waals surface area contributed by atoms with Crippen molar-refractivity contribution in [2.24, 2.45) is 5.92 Å². The van der Waals surface area contributed by atoms with Crippen LogP contribution in [0.1, 0.15) is 18.9 Å². The van der Waals surface area contributed by atoms with E-state index in [9.17, 15) is 4.79 Å². The van der Waals surface area contributed by atoms with Crippen molar-refractivity contribution >= 4 is 79.7 Å². The van der Waals surface area contributed by atoms with E-state index in [1.807, 2.05) is 6.92 Å². The first-order valence-corrected chi connectivity index (χ1v) is 8.12. The van der Waals surface area contributed by atoms with Gasteiger partial charge in [-0.2, -0.15) is 0 Å². The molecule has 2 N–H and O–H groups in total. The molecule has 0 aliphatic heterocycles. The van der Waals surface area contributed by atoms with Crippen molar-refractivity contribution < 1.29 is 4.79 Å². The van der Waals surface area contributed by atoms with Gasteiger partial charge in [0.15, 0.2) is 0 Å². The van der Waals surface area contributed by atoms with Gasteiger partial charge in [0.1, 0.15) is 6.29 Å². The van der Waals surface area contributed by atoms with Gasteiger partial charge in [0, 0.05) is 16.6 Å². The fraction of sp³-hybridized carbons (Fsp3) is 0.364. The van der Waals surface area contributed by atoms with Crippen LogP contribution in [0, 0.1) is 16.6 Å². The second kappa shape index (κ2) is 6.72. The Morgan fingerprint density at radius 3 is 2.50 bits per heavy atom. The van der Waals surface area contributed by atoms with Crippen LogP contribution in [0.5, 0.6) is 0 Å². The zero-order valence-electron chi connectivity index (χ0n) is 8.77. The second-order valence-corrected chi connectivity index (χ2v) is 6.96. The first kappa shape index (κ1) is 14.9. The summed E-state index contributed by atoms with van der Waals surface area (Å²) in [4.78, 5) is 10.9. The summed E-state index contributed by atoms with van der Waals surface area (Å²) in [7, 11) is 0. The normalized spacial score (nSPS) is 12.5. The molecule has 0 aliphatic carbocycles. The molecule has 1 aromatic rings. The van der Waals surface area contributed by atoms with Crippen molar-refractivity contribution in [2.45, 2.75) is 19.8 Å². The summed E-state index contributed by atoms with van der Waals surface area (Å²) in [5.74, 6) is 0.0986. The predicted octanol–water partition coefficient (Wildman–Crippen LogP) is 3.85. The zero-order valence-corrected chi connectivity index (χ0v) is 15.2. The van der Waals surface area contributed by atoms with Gasteiger partial charge in [-0.15, -0.1) is 0 Å². The summed E-state index contributed by atoms with van der Waals surface area (Å²) in [5.41, 5.74) is 8.04. The third-order valence-electron chi connectivity index (χ3n) is 2.48. The van der Waals surface area contributed by atoms with Crippen LogP contribution in [0.3, 0.4) is 0 Å². The minimum Gasteiger partial charge on any atom is -0.397 e. The van der Waals surface area contributed by atoms with Gasteiger partial charge in [0.05, 0.1) is 5.69 Å². The number of anilines is 1. The smallest absolute Gasteiger partial charge is 0.123 e. The Labute approximate surface area is 137 Å². The molecule has 1 aromatic carbocycles. The average molecular weight is 555 g/mol. The third kappa shape index (κ3) is 3.44. The molecule has 0 saturated carbocycles. The van der Waals surface area contributed by atoms with Crippen LogP contribution in [0.2, 0.25) is 0 Å².